The maximum Gasteiger partial charge on any atom is 0.149 e. The number of nitriles is 10. The average Bonchev–Trinajstić information content (AvgIpc) is 3.62. The van der Waals surface area contributed by atoms with E-state index in [2.05, 4.69) is 4.98 Å². The molecule has 0 aliphatic heterocycles. The van der Waals surface area contributed by atoms with Crippen molar-refractivity contribution in [3.63, 3.8) is 0 Å². The van der Waals surface area contributed by atoms with Crippen molar-refractivity contribution < 1.29 is 13.2 Å². The maximum atomic E-state index is 15.6. The monoisotopic (exact) mass is 635 g/mol. The lowest BCUT2D eigenvalue weighted by Gasteiger charge is -2.16. The molecule has 0 N–H and O–H groups in total. The summed E-state index contributed by atoms with van der Waals surface area (Å²) in [5.74, 6) is -3.68. The molecule has 2 aliphatic carbocycles. The molecule has 0 spiro atoms. The second-order valence-electron chi connectivity index (χ2n) is 9.73. The number of fused-ring (bicyclic) bond motifs is 2. The van der Waals surface area contributed by atoms with Crippen molar-refractivity contribution in [3.8, 4) is 60.7 Å². The number of halogens is 3. The molecule has 2 aromatic carbocycles. The number of rotatable bonds is 2. The van der Waals surface area contributed by atoms with Gasteiger partial charge in [0.05, 0.1) is 34.0 Å². The standard InChI is InChI=1S/C35H4F3N11/c36-25-3-20(26(37)1-15(25)4-39)31-22(11-46)33-23(12-47)32-21(10-45)30(19-2-18(9-44)49-14-27(19)38)28(16(5-40)6-41)34(32)24(13-48)35(33)29(31)17(7-42)8-43/h1-3,14H. The molecule has 1 heterocycles. The van der Waals surface area contributed by atoms with E-state index in [0.717, 1.165) is 6.07 Å². The first-order valence-corrected chi connectivity index (χ1v) is 13.1. The normalized spacial score (nSPS) is 11.9. The molecule has 11 nitrogen and oxygen atoms in total. The lowest BCUT2D eigenvalue weighted by molar-refractivity contribution is 0.594. The first-order chi connectivity index (χ1) is 23.7. The quantitative estimate of drug-likeness (QED) is 0.318. The Morgan fingerprint density at radius 3 is 1.37 bits per heavy atom. The molecule has 49 heavy (non-hydrogen) atoms. The number of nitrogens with zero attached hydrogens (tertiary/aromatic N) is 11. The summed E-state index contributed by atoms with van der Waals surface area (Å²) in [5, 5.41) is 101. The van der Waals surface area contributed by atoms with Gasteiger partial charge in [-0.2, -0.15) is 52.6 Å². The fourth-order valence-corrected chi connectivity index (χ4v) is 5.78. The molecule has 5 rings (SSSR count). The Kier molecular flexibility index (Phi) is 7.73. The van der Waals surface area contributed by atoms with Crippen molar-refractivity contribution in [1.82, 2.24) is 4.98 Å². The Hall–Kier alpha value is -8.76. The summed E-state index contributed by atoms with van der Waals surface area (Å²) in [6.07, 6.45) is 0.631. The summed E-state index contributed by atoms with van der Waals surface area (Å²) in [6.45, 7) is 0. The highest BCUT2D eigenvalue weighted by Gasteiger charge is 2.44. The van der Waals surface area contributed by atoms with Crippen molar-refractivity contribution in [3.05, 3.63) is 109 Å². The van der Waals surface area contributed by atoms with Gasteiger partial charge in [-0.1, -0.05) is 0 Å². The lowest BCUT2D eigenvalue weighted by atomic mass is 9.82. The van der Waals surface area contributed by atoms with Gasteiger partial charge in [0, 0.05) is 55.7 Å². The molecule has 0 radical (unpaired) electrons. The van der Waals surface area contributed by atoms with E-state index in [1.165, 1.54) is 6.07 Å². The molecule has 3 aromatic rings. The van der Waals surface area contributed by atoms with E-state index in [1.807, 2.05) is 0 Å². The third-order valence-electron chi connectivity index (χ3n) is 7.58. The van der Waals surface area contributed by atoms with E-state index in [-0.39, 0.29) is 5.69 Å². The molecule has 0 unspecified atom stereocenters. The van der Waals surface area contributed by atoms with Gasteiger partial charge in [-0.15, -0.1) is 0 Å². The van der Waals surface area contributed by atoms with Crippen LogP contribution in [0.3, 0.4) is 0 Å². The number of aromatic nitrogens is 1. The average molecular weight is 635 g/mol. The zero-order valence-corrected chi connectivity index (χ0v) is 23.9. The lowest BCUT2D eigenvalue weighted by Crippen LogP contribution is -2.05. The largest absolute Gasteiger partial charge is 0.242 e. The van der Waals surface area contributed by atoms with Crippen LogP contribution in [0, 0.1) is 131 Å². The van der Waals surface area contributed by atoms with Crippen molar-refractivity contribution in [2.24, 2.45) is 0 Å². The summed E-state index contributed by atoms with van der Waals surface area (Å²) in [6, 6.07) is 18.5. The smallest absolute Gasteiger partial charge is 0.149 e. The molecular formula is C35H4F3N11. The van der Waals surface area contributed by atoms with Crippen molar-refractivity contribution in [2.75, 3.05) is 0 Å². The van der Waals surface area contributed by atoms with Gasteiger partial charge in [0.2, 0.25) is 0 Å². The first-order valence-electron chi connectivity index (χ1n) is 13.1. The van der Waals surface area contributed by atoms with E-state index < -0.39 is 112 Å². The molecule has 0 fully saturated rings. The number of hydrogen-bond acceptors (Lipinski definition) is 11. The van der Waals surface area contributed by atoms with Gasteiger partial charge in [-0.25, -0.2) is 18.2 Å². The van der Waals surface area contributed by atoms with Crippen molar-refractivity contribution in [2.45, 2.75) is 0 Å². The molecule has 14 heteroatoms. The van der Waals surface area contributed by atoms with Gasteiger partial charge in [0.1, 0.15) is 95.0 Å². The van der Waals surface area contributed by atoms with Crippen LogP contribution in [0.5, 0.6) is 0 Å². The molecule has 1 aromatic heterocycles. The van der Waals surface area contributed by atoms with Gasteiger partial charge in [-0.3, -0.25) is 0 Å². The van der Waals surface area contributed by atoms with Crippen LogP contribution in [0.25, 0.3) is 33.4 Å². The maximum absolute atomic E-state index is 15.6. The minimum atomic E-state index is -1.29. The topological polar surface area (TPSA) is 251 Å². The SMILES string of the molecule is N#CC(C#N)=C1C(c2cc(C#N)ncc2F)=C(C#N)c2c(C#N)c3c(c(C#N)c21)C(=C(C#N)C#N)C(c1cc(F)c(C#N)cc1F)=C3C#N. The predicted molar refractivity (Wildman–Crippen MR) is 157 cm³/mol. The third kappa shape index (κ3) is 4.32. The Balaban J connectivity index is 2.15. The van der Waals surface area contributed by atoms with Crippen LogP contribution in [0.4, 0.5) is 13.2 Å². The zero-order valence-electron chi connectivity index (χ0n) is 23.9. The molecule has 0 saturated carbocycles. The van der Waals surface area contributed by atoms with E-state index in [9.17, 15) is 57.0 Å². The fraction of sp³-hybridized carbons (Fsp3) is 0. The molecule has 2 aliphatic rings. The van der Waals surface area contributed by atoms with Crippen LogP contribution in [-0.2, 0) is 0 Å². The molecule has 0 saturated heterocycles. The Labute approximate surface area is 273 Å². The predicted octanol–water partition coefficient (Wildman–Crippen LogP) is 5.48. The third-order valence-corrected chi connectivity index (χ3v) is 7.58. The van der Waals surface area contributed by atoms with Gasteiger partial charge in [-0.05, 0) is 18.2 Å². The Bertz CT molecular complexity index is 2710. The molecule has 220 valence electrons. The number of hydrogen-bond donors (Lipinski definition) is 0. The second kappa shape index (κ2) is 12.0. The van der Waals surface area contributed by atoms with E-state index in [4.69, 9.17) is 0 Å². The van der Waals surface area contributed by atoms with Gasteiger partial charge < -0.3 is 0 Å². The molecule has 0 bridgehead atoms. The van der Waals surface area contributed by atoms with Crippen LogP contribution in [0.15, 0.2) is 35.5 Å². The van der Waals surface area contributed by atoms with Gasteiger partial charge >= 0.3 is 0 Å². The highest BCUT2D eigenvalue weighted by Crippen LogP contribution is 2.58. The minimum Gasteiger partial charge on any atom is -0.242 e. The van der Waals surface area contributed by atoms with Crippen LogP contribution in [0.1, 0.15) is 55.8 Å². The van der Waals surface area contributed by atoms with Crippen LogP contribution >= 0.6 is 0 Å². The minimum absolute atomic E-state index is 0.357. The van der Waals surface area contributed by atoms with Crippen molar-refractivity contribution >= 4 is 33.4 Å². The fourth-order valence-electron chi connectivity index (χ4n) is 5.78. The van der Waals surface area contributed by atoms with Gasteiger partial charge in [0.25, 0.3) is 0 Å². The summed E-state index contributed by atoms with van der Waals surface area (Å²) in [5.41, 5.74) is -10.6. The highest BCUT2D eigenvalue weighted by atomic mass is 19.1. The first kappa shape index (κ1) is 31.7. The van der Waals surface area contributed by atoms with Crippen LogP contribution in [0.2, 0.25) is 0 Å². The summed E-state index contributed by atoms with van der Waals surface area (Å²) < 4.78 is 45.9. The highest BCUT2D eigenvalue weighted by molar-refractivity contribution is 6.32. The number of allylic oxidation sites excluding steroid dienone is 8. The van der Waals surface area contributed by atoms with Gasteiger partial charge in [0.15, 0.2) is 0 Å². The van der Waals surface area contributed by atoms with Crippen LogP contribution < -0.4 is 0 Å². The van der Waals surface area contributed by atoms with E-state index in [1.54, 1.807) is 54.6 Å². The molecule has 0 atom stereocenters. The second-order valence-corrected chi connectivity index (χ2v) is 9.73. The van der Waals surface area contributed by atoms with Crippen molar-refractivity contribution in [1.29, 1.82) is 52.6 Å². The number of pyridine rings is 1. The molecular weight excluding hydrogens is 631 g/mol. The van der Waals surface area contributed by atoms with E-state index in [0.29, 0.717) is 18.3 Å². The van der Waals surface area contributed by atoms with Crippen LogP contribution in [-0.4, -0.2) is 4.98 Å². The summed E-state index contributed by atoms with van der Waals surface area (Å²) in [7, 11) is 0. The molecule has 0 amide bonds. The number of benzene rings is 2. The summed E-state index contributed by atoms with van der Waals surface area (Å²) >= 11 is 0. The Morgan fingerprint density at radius 1 is 0.490 bits per heavy atom. The van der Waals surface area contributed by atoms with E-state index >= 15 is 8.78 Å². The summed E-state index contributed by atoms with van der Waals surface area (Å²) in [4.78, 5) is 3.61. The Morgan fingerprint density at radius 2 is 0.959 bits per heavy atom. The zero-order chi connectivity index (χ0) is 35.7.